The second kappa shape index (κ2) is 3.01. The number of ether oxygens (including phenoxy) is 1. The van der Waals surface area contributed by atoms with Crippen LogP contribution < -0.4 is 11.1 Å². The number of hydrogen-bond donors (Lipinski definition) is 2. The van der Waals surface area contributed by atoms with Gasteiger partial charge in [0, 0.05) is 6.54 Å². The third-order valence-electron chi connectivity index (χ3n) is 2.70. The van der Waals surface area contributed by atoms with Crippen LogP contribution in [-0.2, 0) is 9.53 Å². The molecule has 4 nitrogen and oxygen atoms in total. The fraction of sp³-hybridized carbons (Fsp3) is 0.750. The molecule has 1 aliphatic heterocycles. The highest BCUT2D eigenvalue weighted by atomic mass is 32.1. The van der Waals surface area contributed by atoms with Crippen molar-refractivity contribution in [2.24, 2.45) is 11.1 Å². The van der Waals surface area contributed by atoms with Crippen molar-refractivity contribution in [3.63, 3.8) is 0 Å². The summed E-state index contributed by atoms with van der Waals surface area (Å²) in [6.07, 6.45) is 1.24. The Labute approximate surface area is 81.8 Å². The van der Waals surface area contributed by atoms with Crippen molar-refractivity contribution in [3.8, 4) is 0 Å². The summed E-state index contributed by atoms with van der Waals surface area (Å²) in [5.41, 5.74) is 5.01. The van der Waals surface area contributed by atoms with Gasteiger partial charge in [0.2, 0.25) is 0 Å². The van der Waals surface area contributed by atoms with Crippen LogP contribution in [0.25, 0.3) is 0 Å². The van der Waals surface area contributed by atoms with Crippen molar-refractivity contribution < 1.29 is 9.53 Å². The summed E-state index contributed by atoms with van der Waals surface area (Å²) in [6, 6.07) is 0. The minimum Gasteiger partial charge on any atom is -0.392 e. The number of rotatable bonds is 3. The lowest BCUT2D eigenvalue weighted by Gasteiger charge is -2.15. The number of nitrogens with one attached hydrogen (secondary N) is 1. The van der Waals surface area contributed by atoms with Crippen LogP contribution in [0.5, 0.6) is 0 Å². The van der Waals surface area contributed by atoms with E-state index >= 15 is 0 Å². The molecule has 72 valence electrons. The van der Waals surface area contributed by atoms with Crippen LogP contribution in [0.4, 0.5) is 0 Å². The van der Waals surface area contributed by atoms with Crippen molar-refractivity contribution in [1.82, 2.24) is 5.32 Å². The van der Waals surface area contributed by atoms with Gasteiger partial charge >= 0.3 is 0 Å². The molecule has 0 bridgehead atoms. The third kappa shape index (κ3) is 1.37. The summed E-state index contributed by atoms with van der Waals surface area (Å²) in [4.78, 5) is 12.2. The molecule has 1 aliphatic carbocycles. The molecule has 1 heterocycles. The summed E-state index contributed by atoms with van der Waals surface area (Å²) >= 11 is 4.89. The van der Waals surface area contributed by atoms with E-state index in [4.69, 9.17) is 22.7 Å². The van der Waals surface area contributed by atoms with E-state index in [1.54, 1.807) is 0 Å². The highest BCUT2D eigenvalue weighted by Gasteiger charge is 2.55. The van der Waals surface area contributed by atoms with E-state index in [0.717, 1.165) is 12.8 Å². The predicted molar refractivity (Wildman–Crippen MR) is 51.2 cm³/mol. The minimum absolute atomic E-state index is 0.0602. The predicted octanol–water partition coefficient (Wildman–Crippen LogP) is -0.432. The van der Waals surface area contributed by atoms with E-state index in [9.17, 15) is 4.79 Å². The van der Waals surface area contributed by atoms with Gasteiger partial charge < -0.3 is 10.5 Å². The lowest BCUT2D eigenvalue weighted by atomic mass is 9.97. The quantitative estimate of drug-likeness (QED) is 0.605. The molecule has 0 aromatic rings. The summed E-state index contributed by atoms with van der Waals surface area (Å²) in [5.74, 6) is 0.0602. The molecule has 1 saturated heterocycles. The van der Waals surface area contributed by atoms with E-state index in [-0.39, 0.29) is 11.9 Å². The Hall–Kier alpha value is -0.520. The first kappa shape index (κ1) is 9.05. The van der Waals surface area contributed by atoms with Gasteiger partial charge in [-0.05, 0) is 12.8 Å². The molecule has 0 aromatic carbocycles. The molecule has 1 saturated carbocycles. The molecule has 2 rings (SSSR count). The van der Waals surface area contributed by atoms with Gasteiger partial charge in [0.05, 0.1) is 17.1 Å². The number of nitrogens with two attached hydrogens (primary N) is 1. The standard InChI is InChI=1S/C8H12N2O2S/c9-7(13)8(1-2-8)6(11)5-3-10-4-12-5/h5,10H,1-4H2,(H2,9,13). The maximum absolute atomic E-state index is 11.8. The monoisotopic (exact) mass is 200 g/mol. The second-order valence-electron chi connectivity index (χ2n) is 3.56. The molecule has 3 N–H and O–H groups in total. The van der Waals surface area contributed by atoms with E-state index in [1.807, 2.05) is 0 Å². The molecule has 1 atom stereocenters. The zero-order valence-corrected chi connectivity index (χ0v) is 8.02. The van der Waals surface area contributed by atoms with E-state index in [0.29, 0.717) is 18.3 Å². The number of Topliss-reactive ketones (excluding diaryl/α,β-unsaturated/α-hetero) is 1. The Balaban J connectivity index is 2.08. The average Bonchev–Trinajstić information content (AvgIpc) is 2.74. The van der Waals surface area contributed by atoms with Gasteiger partial charge in [0.25, 0.3) is 0 Å². The van der Waals surface area contributed by atoms with Crippen molar-refractivity contribution >= 4 is 23.0 Å². The molecule has 2 aliphatic rings. The van der Waals surface area contributed by atoms with Gasteiger partial charge in [-0.1, -0.05) is 12.2 Å². The maximum Gasteiger partial charge on any atom is 0.175 e. The Morgan fingerprint density at radius 2 is 2.31 bits per heavy atom. The van der Waals surface area contributed by atoms with Gasteiger partial charge in [0.1, 0.15) is 6.10 Å². The topological polar surface area (TPSA) is 64.4 Å². The first-order chi connectivity index (χ1) is 6.17. The van der Waals surface area contributed by atoms with Crippen molar-refractivity contribution in [2.45, 2.75) is 18.9 Å². The molecule has 5 heteroatoms. The molecule has 2 fully saturated rings. The molecule has 1 unspecified atom stereocenters. The van der Waals surface area contributed by atoms with Gasteiger partial charge in [-0.3, -0.25) is 10.1 Å². The maximum atomic E-state index is 11.8. The Morgan fingerprint density at radius 1 is 1.62 bits per heavy atom. The van der Waals surface area contributed by atoms with Gasteiger partial charge in [-0.25, -0.2) is 0 Å². The second-order valence-corrected chi connectivity index (χ2v) is 4.00. The van der Waals surface area contributed by atoms with Crippen molar-refractivity contribution in [1.29, 1.82) is 0 Å². The normalized spacial score (nSPS) is 30.0. The summed E-state index contributed by atoms with van der Waals surface area (Å²) < 4.78 is 5.22. The number of carbonyl (C=O) groups excluding carboxylic acids is 1. The van der Waals surface area contributed by atoms with E-state index in [1.165, 1.54) is 0 Å². The zero-order chi connectivity index (χ0) is 9.47. The largest absolute Gasteiger partial charge is 0.392 e. The molecule has 0 aromatic heterocycles. The van der Waals surface area contributed by atoms with Gasteiger partial charge in [-0.2, -0.15) is 0 Å². The Kier molecular flexibility index (Phi) is 2.09. The van der Waals surface area contributed by atoms with Crippen molar-refractivity contribution in [2.75, 3.05) is 13.3 Å². The molecule has 0 spiro atoms. The molecular formula is C8H12N2O2S. The third-order valence-corrected chi connectivity index (χ3v) is 3.09. The summed E-state index contributed by atoms with van der Waals surface area (Å²) in [7, 11) is 0. The fourth-order valence-corrected chi connectivity index (χ4v) is 1.93. The zero-order valence-electron chi connectivity index (χ0n) is 7.21. The lowest BCUT2D eigenvalue weighted by molar-refractivity contribution is -0.130. The average molecular weight is 200 g/mol. The van der Waals surface area contributed by atoms with E-state index in [2.05, 4.69) is 5.32 Å². The minimum atomic E-state index is -0.522. The molecule has 0 amide bonds. The van der Waals surface area contributed by atoms with Crippen LogP contribution in [0.1, 0.15) is 12.8 Å². The SMILES string of the molecule is NC(=S)C1(C(=O)C2CNCO2)CC1. The van der Waals surface area contributed by atoms with Crippen LogP contribution in [0, 0.1) is 5.41 Å². The first-order valence-corrected chi connectivity index (χ1v) is 4.74. The van der Waals surface area contributed by atoms with Gasteiger partial charge in [0.15, 0.2) is 5.78 Å². The fourth-order valence-electron chi connectivity index (χ4n) is 1.62. The van der Waals surface area contributed by atoms with Crippen molar-refractivity contribution in [3.05, 3.63) is 0 Å². The van der Waals surface area contributed by atoms with Crippen LogP contribution in [0.3, 0.4) is 0 Å². The molecule has 0 radical (unpaired) electrons. The smallest absolute Gasteiger partial charge is 0.175 e. The van der Waals surface area contributed by atoms with Gasteiger partial charge in [-0.15, -0.1) is 0 Å². The molecule has 13 heavy (non-hydrogen) atoms. The Morgan fingerprint density at radius 3 is 2.69 bits per heavy atom. The lowest BCUT2D eigenvalue weighted by Crippen LogP contribution is -2.39. The number of carbonyl (C=O) groups is 1. The number of hydrogen-bond acceptors (Lipinski definition) is 4. The summed E-state index contributed by atoms with van der Waals surface area (Å²) in [5, 5.41) is 2.96. The summed E-state index contributed by atoms with van der Waals surface area (Å²) in [6.45, 7) is 1.03. The van der Waals surface area contributed by atoms with E-state index < -0.39 is 5.41 Å². The Bertz CT molecular complexity index is 257. The first-order valence-electron chi connectivity index (χ1n) is 4.33. The highest BCUT2D eigenvalue weighted by molar-refractivity contribution is 7.80. The van der Waals surface area contributed by atoms with Crippen LogP contribution >= 0.6 is 12.2 Å². The van der Waals surface area contributed by atoms with Crippen LogP contribution in [0.15, 0.2) is 0 Å². The van der Waals surface area contributed by atoms with Crippen LogP contribution in [-0.4, -0.2) is 30.2 Å². The highest BCUT2D eigenvalue weighted by Crippen LogP contribution is 2.48. The number of thiocarbonyl (C=S) groups is 1. The van der Waals surface area contributed by atoms with Crippen LogP contribution in [0.2, 0.25) is 0 Å². The molecular weight excluding hydrogens is 188 g/mol. The number of ketones is 1.